The third kappa shape index (κ3) is 3.86. The van der Waals surface area contributed by atoms with Gasteiger partial charge in [0.25, 0.3) is 0 Å². The highest BCUT2D eigenvalue weighted by atomic mass is 32.1. The number of aryl methyl sites for hydroxylation is 1. The van der Waals surface area contributed by atoms with E-state index < -0.39 is 0 Å². The van der Waals surface area contributed by atoms with Gasteiger partial charge in [-0.15, -0.1) is 0 Å². The minimum Gasteiger partial charge on any atom is -0.493 e. The molecule has 0 spiro atoms. The third-order valence-corrected chi connectivity index (χ3v) is 5.58. The van der Waals surface area contributed by atoms with Crippen LogP contribution in [0.5, 0.6) is 11.5 Å². The maximum absolute atomic E-state index is 12.1. The van der Waals surface area contributed by atoms with Gasteiger partial charge in [0, 0.05) is 32.0 Å². The van der Waals surface area contributed by atoms with Crippen molar-refractivity contribution in [3.05, 3.63) is 40.4 Å². The van der Waals surface area contributed by atoms with Crippen LogP contribution in [0, 0.1) is 4.77 Å². The molecule has 1 aliphatic rings. The van der Waals surface area contributed by atoms with E-state index in [4.69, 9.17) is 26.4 Å². The fourth-order valence-electron chi connectivity index (χ4n) is 3.54. The van der Waals surface area contributed by atoms with Crippen LogP contribution in [0.2, 0.25) is 0 Å². The molecule has 1 atom stereocenters. The van der Waals surface area contributed by atoms with Crippen molar-refractivity contribution in [2.24, 2.45) is 7.05 Å². The number of carbonyl (C=O) groups excluding carboxylic acids is 1. The number of esters is 1. The number of carbonyl (C=O) groups is 1. The maximum Gasteiger partial charge on any atom is 0.307 e. The van der Waals surface area contributed by atoms with Crippen molar-refractivity contribution in [3.8, 4) is 11.5 Å². The van der Waals surface area contributed by atoms with Crippen molar-refractivity contribution in [1.82, 2.24) is 14.0 Å². The van der Waals surface area contributed by atoms with Crippen LogP contribution in [0.15, 0.2) is 24.5 Å². The zero-order valence-electron chi connectivity index (χ0n) is 16.1. The molecule has 0 fully saturated rings. The first-order chi connectivity index (χ1) is 13.0. The van der Waals surface area contributed by atoms with Crippen molar-refractivity contribution >= 4 is 18.2 Å². The van der Waals surface area contributed by atoms with Gasteiger partial charge in [-0.25, -0.2) is 0 Å². The van der Waals surface area contributed by atoms with Crippen LogP contribution >= 0.6 is 12.2 Å². The molecule has 1 aliphatic heterocycles. The molecule has 8 heteroatoms. The molecule has 0 N–H and O–H groups in total. The van der Waals surface area contributed by atoms with Crippen molar-refractivity contribution in [2.75, 3.05) is 27.9 Å². The summed E-state index contributed by atoms with van der Waals surface area (Å²) in [4.78, 5) is 14.4. The molecule has 3 rings (SSSR count). The molecule has 0 radical (unpaired) electrons. The Kier molecular flexibility index (Phi) is 5.86. The number of nitrogens with zero attached hydrogens (tertiary/aromatic N) is 3. The van der Waals surface area contributed by atoms with Crippen LogP contribution < -0.4 is 9.47 Å². The second kappa shape index (κ2) is 8.14. The Morgan fingerprint density at radius 3 is 2.48 bits per heavy atom. The SMILES string of the molecule is COC(=O)C[C@H]1c2cc(OC)c(OC)cc2CCN1Cn1ccn(C)c1=S. The molecule has 1 aromatic heterocycles. The van der Waals surface area contributed by atoms with Crippen molar-refractivity contribution in [1.29, 1.82) is 0 Å². The van der Waals surface area contributed by atoms with E-state index in [-0.39, 0.29) is 18.4 Å². The lowest BCUT2D eigenvalue weighted by molar-refractivity contribution is -0.142. The molecule has 7 nitrogen and oxygen atoms in total. The van der Waals surface area contributed by atoms with E-state index in [1.54, 1.807) is 14.2 Å². The molecular formula is C19H25N3O4S. The summed E-state index contributed by atoms with van der Waals surface area (Å²) in [5.74, 6) is 1.11. The molecule has 0 unspecified atom stereocenters. The molecule has 27 heavy (non-hydrogen) atoms. The molecule has 0 bridgehead atoms. The van der Waals surface area contributed by atoms with E-state index in [2.05, 4.69) is 4.90 Å². The lowest BCUT2D eigenvalue weighted by atomic mass is 9.90. The van der Waals surface area contributed by atoms with Crippen LogP contribution in [0.4, 0.5) is 0 Å². The second-order valence-electron chi connectivity index (χ2n) is 6.57. The Bertz CT molecular complexity index is 890. The van der Waals surface area contributed by atoms with E-state index in [0.29, 0.717) is 18.2 Å². The normalized spacial score (nSPS) is 16.7. The van der Waals surface area contributed by atoms with Crippen LogP contribution in [-0.2, 0) is 29.7 Å². The molecule has 0 saturated heterocycles. The summed E-state index contributed by atoms with van der Waals surface area (Å²) in [6, 6.07) is 3.85. The summed E-state index contributed by atoms with van der Waals surface area (Å²) in [5, 5.41) is 0. The molecule has 0 amide bonds. The number of ether oxygens (including phenoxy) is 3. The second-order valence-corrected chi connectivity index (χ2v) is 6.93. The van der Waals surface area contributed by atoms with Gasteiger partial charge in [-0.05, 0) is 41.9 Å². The summed E-state index contributed by atoms with van der Waals surface area (Å²) in [6.45, 7) is 1.41. The first-order valence-corrected chi connectivity index (χ1v) is 9.16. The summed E-state index contributed by atoms with van der Waals surface area (Å²) in [5.41, 5.74) is 2.22. The largest absolute Gasteiger partial charge is 0.493 e. The summed E-state index contributed by atoms with van der Waals surface area (Å²) >= 11 is 5.47. The summed E-state index contributed by atoms with van der Waals surface area (Å²) in [7, 11) is 6.58. The zero-order chi connectivity index (χ0) is 19.6. The average Bonchev–Trinajstić information content (AvgIpc) is 3.00. The molecule has 2 aromatic rings. The van der Waals surface area contributed by atoms with E-state index >= 15 is 0 Å². The Balaban J connectivity index is 1.99. The van der Waals surface area contributed by atoms with Crippen LogP contribution in [0.1, 0.15) is 23.6 Å². The molecular weight excluding hydrogens is 366 g/mol. The quantitative estimate of drug-likeness (QED) is 0.557. The number of benzene rings is 1. The lowest BCUT2D eigenvalue weighted by Gasteiger charge is -2.37. The van der Waals surface area contributed by atoms with Gasteiger partial charge < -0.3 is 23.3 Å². The molecule has 146 valence electrons. The number of rotatable bonds is 6. The maximum atomic E-state index is 12.1. The monoisotopic (exact) mass is 391 g/mol. The van der Waals surface area contributed by atoms with E-state index in [1.165, 1.54) is 7.11 Å². The van der Waals surface area contributed by atoms with Gasteiger partial charge in [0.1, 0.15) is 0 Å². The van der Waals surface area contributed by atoms with Crippen molar-refractivity contribution < 1.29 is 19.0 Å². The minimum absolute atomic E-state index is 0.122. The molecule has 1 aromatic carbocycles. The zero-order valence-corrected chi connectivity index (χ0v) is 16.9. The van der Waals surface area contributed by atoms with Gasteiger partial charge >= 0.3 is 5.97 Å². The molecule has 0 saturated carbocycles. The Morgan fingerprint density at radius 1 is 1.19 bits per heavy atom. The highest BCUT2D eigenvalue weighted by molar-refractivity contribution is 7.71. The molecule has 2 heterocycles. The first-order valence-electron chi connectivity index (χ1n) is 8.76. The number of hydrogen-bond donors (Lipinski definition) is 0. The van der Waals surface area contributed by atoms with Gasteiger partial charge in [-0.2, -0.15) is 0 Å². The lowest BCUT2D eigenvalue weighted by Crippen LogP contribution is -2.38. The van der Waals surface area contributed by atoms with Crippen LogP contribution in [0.25, 0.3) is 0 Å². The standard InChI is InChI=1S/C19H25N3O4S/c1-20-7-8-22(19(20)27)12-21-6-5-13-9-16(24-2)17(25-3)10-14(13)15(21)11-18(23)26-4/h7-10,15H,5-6,11-12H2,1-4H3/t15-/m0/s1. The number of imidazole rings is 1. The number of fused-ring (bicyclic) bond motifs is 1. The van der Waals surface area contributed by atoms with Gasteiger partial charge in [0.15, 0.2) is 16.3 Å². The van der Waals surface area contributed by atoms with E-state index in [0.717, 1.165) is 28.9 Å². The Labute approximate surface area is 164 Å². The topological polar surface area (TPSA) is 57.9 Å². The van der Waals surface area contributed by atoms with Crippen molar-refractivity contribution in [3.63, 3.8) is 0 Å². The van der Waals surface area contributed by atoms with Gasteiger partial charge in [-0.1, -0.05) is 0 Å². The van der Waals surface area contributed by atoms with Crippen LogP contribution in [-0.4, -0.2) is 47.9 Å². The van der Waals surface area contributed by atoms with E-state index in [9.17, 15) is 4.79 Å². The van der Waals surface area contributed by atoms with Gasteiger partial charge in [-0.3, -0.25) is 9.69 Å². The average molecular weight is 391 g/mol. The Morgan fingerprint density at radius 2 is 1.89 bits per heavy atom. The fraction of sp³-hybridized carbons (Fsp3) is 0.474. The fourth-order valence-corrected chi connectivity index (χ4v) is 3.72. The minimum atomic E-state index is -0.246. The number of aromatic nitrogens is 2. The summed E-state index contributed by atoms with van der Waals surface area (Å²) in [6.07, 6.45) is 5.01. The van der Waals surface area contributed by atoms with Gasteiger partial charge in [0.2, 0.25) is 0 Å². The van der Waals surface area contributed by atoms with Crippen molar-refractivity contribution in [2.45, 2.75) is 25.6 Å². The third-order valence-electron chi connectivity index (χ3n) is 5.05. The smallest absolute Gasteiger partial charge is 0.307 e. The first kappa shape index (κ1) is 19.4. The van der Waals surface area contributed by atoms with E-state index in [1.807, 2.05) is 40.7 Å². The summed E-state index contributed by atoms with van der Waals surface area (Å²) < 4.78 is 20.5. The molecule has 0 aliphatic carbocycles. The predicted molar refractivity (Wildman–Crippen MR) is 104 cm³/mol. The van der Waals surface area contributed by atoms with Crippen LogP contribution in [0.3, 0.4) is 0 Å². The highest BCUT2D eigenvalue weighted by Gasteiger charge is 2.31. The predicted octanol–water partition coefficient (Wildman–Crippen LogP) is 2.69. The van der Waals surface area contributed by atoms with Gasteiger partial charge in [0.05, 0.1) is 34.4 Å². The highest BCUT2D eigenvalue weighted by Crippen LogP contribution is 2.39. The number of methoxy groups -OCH3 is 3. The number of hydrogen-bond acceptors (Lipinski definition) is 6. The Hall–Kier alpha value is -2.32.